The third-order valence-corrected chi connectivity index (χ3v) is 2.91. The Hall–Kier alpha value is -1.78. The molecule has 4 nitrogen and oxygen atoms in total. The molecule has 1 aromatic heterocycles. The molecule has 5 heteroatoms. The van der Waals surface area contributed by atoms with Gasteiger partial charge in [0.25, 0.3) is 0 Å². The molecule has 0 saturated heterocycles. The van der Waals surface area contributed by atoms with Gasteiger partial charge in [-0.2, -0.15) is 0 Å². The molecule has 0 bridgehead atoms. The third-order valence-electron chi connectivity index (χ3n) is 2.66. The van der Waals surface area contributed by atoms with E-state index in [1.165, 1.54) is 5.56 Å². The largest absolute Gasteiger partial charge is 0.378 e. The van der Waals surface area contributed by atoms with Gasteiger partial charge in [0.1, 0.15) is 5.82 Å². The Balaban J connectivity index is 2.10. The number of nitrogens with zero attached hydrogens (tertiary/aromatic N) is 1. The Labute approximate surface area is 111 Å². The molecule has 2 aromatic rings. The first-order chi connectivity index (χ1) is 8.69. The molecule has 0 spiro atoms. The number of hydrogen-bond acceptors (Lipinski definition) is 4. The lowest BCUT2D eigenvalue weighted by Crippen LogP contribution is -2.10. The normalized spacial score (nSPS) is 11.9. The summed E-state index contributed by atoms with van der Waals surface area (Å²) in [7, 11) is 0. The number of rotatable bonds is 4. The summed E-state index contributed by atoms with van der Waals surface area (Å²) < 4.78 is 0. The van der Waals surface area contributed by atoms with Crippen molar-refractivity contribution in [2.24, 2.45) is 5.84 Å². The predicted octanol–water partition coefficient (Wildman–Crippen LogP) is 3.19. The van der Waals surface area contributed by atoms with E-state index in [2.05, 4.69) is 22.7 Å². The fourth-order valence-corrected chi connectivity index (χ4v) is 1.81. The number of hydrazine groups is 1. The molecule has 1 aromatic carbocycles. The van der Waals surface area contributed by atoms with Crippen molar-refractivity contribution in [1.82, 2.24) is 4.98 Å². The molecule has 2 rings (SSSR count). The first-order valence-corrected chi connectivity index (χ1v) is 6.01. The maximum absolute atomic E-state index is 5.87. The van der Waals surface area contributed by atoms with Gasteiger partial charge in [0, 0.05) is 29.0 Å². The molecule has 0 radical (unpaired) electrons. The van der Waals surface area contributed by atoms with E-state index in [-0.39, 0.29) is 6.04 Å². The average Bonchev–Trinajstić information content (AvgIpc) is 2.39. The number of benzene rings is 1. The van der Waals surface area contributed by atoms with E-state index in [9.17, 15) is 0 Å². The average molecular weight is 263 g/mol. The first kappa shape index (κ1) is 12.7. The zero-order chi connectivity index (χ0) is 13.0. The molecule has 1 heterocycles. The van der Waals surface area contributed by atoms with Crippen molar-refractivity contribution in [3.8, 4) is 0 Å². The van der Waals surface area contributed by atoms with Gasteiger partial charge in [-0.1, -0.05) is 23.7 Å². The second-order valence-corrected chi connectivity index (χ2v) is 4.43. The van der Waals surface area contributed by atoms with Gasteiger partial charge in [0.05, 0.1) is 0 Å². The van der Waals surface area contributed by atoms with Crippen LogP contribution in [0.2, 0.25) is 5.02 Å². The summed E-state index contributed by atoms with van der Waals surface area (Å²) in [6, 6.07) is 11.7. The highest BCUT2D eigenvalue weighted by Crippen LogP contribution is 2.21. The summed E-state index contributed by atoms with van der Waals surface area (Å²) in [5.41, 5.74) is 4.64. The highest BCUT2D eigenvalue weighted by atomic mass is 35.5. The number of nitrogens with two attached hydrogens (primary N) is 1. The van der Waals surface area contributed by atoms with Crippen molar-refractivity contribution in [2.45, 2.75) is 13.0 Å². The highest BCUT2D eigenvalue weighted by Gasteiger charge is 2.05. The van der Waals surface area contributed by atoms with Gasteiger partial charge in [-0.25, -0.2) is 10.8 Å². The Morgan fingerprint density at radius 3 is 2.61 bits per heavy atom. The van der Waals surface area contributed by atoms with E-state index in [1.807, 2.05) is 36.4 Å². The van der Waals surface area contributed by atoms with Gasteiger partial charge in [-0.3, -0.25) is 0 Å². The Morgan fingerprint density at radius 2 is 1.94 bits per heavy atom. The molecule has 0 amide bonds. The molecular weight excluding hydrogens is 248 g/mol. The van der Waals surface area contributed by atoms with Crippen LogP contribution >= 0.6 is 11.6 Å². The Bertz CT molecular complexity index is 513. The third kappa shape index (κ3) is 3.12. The monoisotopic (exact) mass is 262 g/mol. The van der Waals surface area contributed by atoms with E-state index in [1.54, 1.807) is 6.20 Å². The zero-order valence-corrected chi connectivity index (χ0v) is 10.8. The van der Waals surface area contributed by atoms with Crippen LogP contribution in [0.4, 0.5) is 11.5 Å². The lowest BCUT2D eigenvalue weighted by Gasteiger charge is -2.16. The van der Waals surface area contributed by atoms with E-state index < -0.39 is 0 Å². The summed E-state index contributed by atoms with van der Waals surface area (Å²) in [5.74, 6) is 5.95. The Kier molecular flexibility index (Phi) is 4.02. The van der Waals surface area contributed by atoms with Crippen LogP contribution in [-0.4, -0.2) is 4.98 Å². The van der Waals surface area contributed by atoms with Crippen molar-refractivity contribution in [2.75, 3.05) is 10.7 Å². The highest BCUT2D eigenvalue weighted by molar-refractivity contribution is 6.30. The van der Waals surface area contributed by atoms with E-state index in [0.717, 1.165) is 10.7 Å². The van der Waals surface area contributed by atoms with Gasteiger partial charge in [-0.05, 0) is 30.7 Å². The number of pyridine rings is 1. The zero-order valence-electron chi connectivity index (χ0n) is 10.0. The van der Waals surface area contributed by atoms with E-state index >= 15 is 0 Å². The van der Waals surface area contributed by atoms with Crippen LogP contribution in [0.3, 0.4) is 0 Å². The predicted molar refractivity (Wildman–Crippen MR) is 75.5 cm³/mol. The molecule has 4 N–H and O–H groups in total. The molecule has 0 aliphatic carbocycles. The fraction of sp³-hybridized carbons (Fsp3) is 0.154. The maximum Gasteiger partial charge on any atom is 0.141 e. The van der Waals surface area contributed by atoms with Gasteiger partial charge in [0.15, 0.2) is 0 Å². The molecule has 18 heavy (non-hydrogen) atoms. The summed E-state index contributed by atoms with van der Waals surface area (Å²) in [6.07, 6.45) is 1.70. The van der Waals surface area contributed by atoms with Crippen LogP contribution in [0.15, 0.2) is 42.6 Å². The van der Waals surface area contributed by atoms with Crippen molar-refractivity contribution < 1.29 is 0 Å². The van der Waals surface area contributed by atoms with Crippen LogP contribution in [0.25, 0.3) is 0 Å². The molecular formula is C13H15ClN4. The van der Waals surface area contributed by atoms with Gasteiger partial charge >= 0.3 is 0 Å². The molecule has 0 saturated carbocycles. The summed E-state index contributed by atoms with van der Waals surface area (Å²) >= 11 is 5.87. The molecule has 0 aliphatic heterocycles. The van der Waals surface area contributed by atoms with Crippen LogP contribution < -0.4 is 16.6 Å². The van der Waals surface area contributed by atoms with E-state index in [0.29, 0.717) is 5.82 Å². The van der Waals surface area contributed by atoms with Crippen molar-refractivity contribution >= 4 is 23.1 Å². The molecule has 0 aliphatic rings. The molecule has 94 valence electrons. The second kappa shape index (κ2) is 5.71. The van der Waals surface area contributed by atoms with E-state index in [4.69, 9.17) is 17.4 Å². The minimum absolute atomic E-state index is 0.176. The smallest absolute Gasteiger partial charge is 0.141 e. The minimum Gasteiger partial charge on any atom is -0.378 e. The number of aromatic nitrogens is 1. The number of halogens is 1. The van der Waals surface area contributed by atoms with Crippen LogP contribution in [0.5, 0.6) is 0 Å². The number of nitrogens with one attached hydrogen (secondary N) is 2. The van der Waals surface area contributed by atoms with Crippen molar-refractivity contribution in [3.05, 3.63) is 53.2 Å². The first-order valence-electron chi connectivity index (χ1n) is 5.63. The second-order valence-electron chi connectivity index (χ2n) is 3.99. The number of anilines is 2. The quantitative estimate of drug-likeness (QED) is 0.585. The standard InChI is InChI=1S/C13H15ClN4/c1-9(10-2-4-11(14)5-3-10)17-12-6-7-16-13(8-12)18-15/h2-9H,15H2,1H3,(H2,16,17,18). The van der Waals surface area contributed by atoms with Gasteiger partial charge < -0.3 is 10.7 Å². The molecule has 1 atom stereocenters. The lowest BCUT2D eigenvalue weighted by atomic mass is 10.1. The van der Waals surface area contributed by atoms with Gasteiger partial charge in [-0.15, -0.1) is 0 Å². The van der Waals surface area contributed by atoms with Crippen molar-refractivity contribution in [1.29, 1.82) is 0 Å². The fourth-order valence-electron chi connectivity index (χ4n) is 1.68. The summed E-state index contributed by atoms with van der Waals surface area (Å²) in [6.45, 7) is 2.08. The van der Waals surface area contributed by atoms with Crippen LogP contribution in [0.1, 0.15) is 18.5 Å². The molecule has 1 unspecified atom stereocenters. The number of nitrogen functional groups attached to an aromatic ring is 1. The topological polar surface area (TPSA) is 63.0 Å². The summed E-state index contributed by atoms with van der Waals surface area (Å²) in [5, 5.41) is 4.11. The number of hydrogen-bond donors (Lipinski definition) is 3. The van der Waals surface area contributed by atoms with Crippen LogP contribution in [-0.2, 0) is 0 Å². The maximum atomic E-state index is 5.87. The lowest BCUT2D eigenvalue weighted by molar-refractivity contribution is 0.884. The summed E-state index contributed by atoms with van der Waals surface area (Å²) in [4.78, 5) is 4.06. The Morgan fingerprint density at radius 1 is 1.22 bits per heavy atom. The van der Waals surface area contributed by atoms with Crippen LogP contribution in [0, 0.1) is 0 Å². The van der Waals surface area contributed by atoms with Crippen molar-refractivity contribution in [3.63, 3.8) is 0 Å². The molecule has 0 fully saturated rings. The SMILES string of the molecule is CC(Nc1ccnc(NN)c1)c1ccc(Cl)cc1. The van der Waals surface area contributed by atoms with Gasteiger partial charge in [0.2, 0.25) is 0 Å². The minimum atomic E-state index is 0.176.